The summed E-state index contributed by atoms with van der Waals surface area (Å²) >= 11 is 0. The molecule has 2 heteroatoms. The van der Waals surface area contributed by atoms with Crippen LogP contribution in [0.15, 0.2) is 36.5 Å². The third kappa shape index (κ3) is 3.81. The van der Waals surface area contributed by atoms with E-state index < -0.39 is 0 Å². The highest BCUT2D eigenvalue weighted by Crippen LogP contribution is 2.62. The Hall–Kier alpha value is -1.70. The van der Waals surface area contributed by atoms with Crippen LogP contribution in [0.25, 0.3) is 11.3 Å². The second kappa shape index (κ2) is 8.54. The molecule has 1 nitrogen and oxygen atoms in total. The predicted octanol–water partition coefficient (Wildman–Crippen LogP) is 7.65. The summed E-state index contributed by atoms with van der Waals surface area (Å²) in [5, 5.41) is 0. The molecule has 1 aromatic carbocycles. The lowest BCUT2D eigenvalue weighted by molar-refractivity contribution is 0.125. The molecule has 1 aliphatic rings. The highest BCUT2D eigenvalue weighted by molar-refractivity contribution is 5.68. The van der Waals surface area contributed by atoms with Crippen LogP contribution < -0.4 is 0 Å². The number of hydrogen-bond acceptors (Lipinski definition) is 1. The largest absolute Gasteiger partial charge is 0.256 e. The minimum atomic E-state index is -0.250. The van der Waals surface area contributed by atoms with E-state index in [-0.39, 0.29) is 22.9 Å². The molecule has 0 N–H and O–H groups in total. The van der Waals surface area contributed by atoms with Crippen molar-refractivity contribution in [3.63, 3.8) is 0 Å². The predicted molar refractivity (Wildman–Crippen MR) is 117 cm³/mol. The summed E-state index contributed by atoms with van der Waals surface area (Å²) in [7, 11) is 0. The minimum absolute atomic E-state index is 0.142. The summed E-state index contributed by atoms with van der Waals surface area (Å²) in [5.41, 5.74) is 7.15. The second-order valence-corrected chi connectivity index (χ2v) is 8.57. The molecule has 1 heterocycles. The highest BCUT2D eigenvalue weighted by atomic mass is 19.1. The fraction of sp³-hybridized carbons (Fsp3) is 0.560. The zero-order chi connectivity index (χ0) is 21.0. The molecule has 0 amide bonds. The summed E-state index contributed by atoms with van der Waals surface area (Å²) in [6.45, 7) is 21.8. The maximum Gasteiger partial charge on any atom is 0.0866 e. The van der Waals surface area contributed by atoms with Gasteiger partial charge in [-0.2, -0.15) is 0 Å². The van der Waals surface area contributed by atoms with Gasteiger partial charge in [-0.15, -0.1) is 0 Å². The third-order valence-corrected chi connectivity index (χ3v) is 6.78. The van der Waals surface area contributed by atoms with Gasteiger partial charge in [-0.05, 0) is 65.0 Å². The third-order valence-electron chi connectivity index (χ3n) is 6.78. The van der Waals surface area contributed by atoms with E-state index >= 15 is 0 Å². The molecule has 0 bridgehead atoms. The van der Waals surface area contributed by atoms with Crippen molar-refractivity contribution in [1.29, 1.82) is 0 Å². The SMILES string of the molecule is CC.CCF.Cc1cc2c(cc1-c1ccccn1)C(C)(C)C(C)(C)C2(C)C. The molecular formula is C25H38FN. The standard InChI is InChI=1S/C21H27N.C2H5F.C2H6/c1-14-12-16-17(13-15(14)18-10-8-9-11-22-18)20(4,5)21(6,7)19(16,2)3;1-2-3;1-2/h8-13H,1-7H3;2H2,1H3;1-2H3. The van der Waals surface area contributed by atoms with Crippen molar-refractivity contribution in [2.24, 2.45) is 5.41 Å². The zero-order valence-electron chi connectivity index (χ0n) is 19.0. The van der Waals surface area contributed by atoms with Crippen LogP contribution in [0.1, 0.15) is 79.0 Å². The van der Waals surface area contributed by atoms with Gasteiger partial charge in [0, 0.05) is 11.8 Å². The van der Waals surface area contributed by atoms with Crippen LogP contribution in [0.5, 0.6) is 0 Å². The van der Waals surface area contributed by atoms with Crippen molar-refractivity contribution < 1.29 is 4.39 Å². The lowest BCUT2D eigenvalue weighted by Crippen LogP contribution is -2.42. The zero-order valence-corrected chi connectivity index (χ0v) is 19.0. The normalized spacial score (nSPS) is 17.7. The fourth-order valence-electron chi connectivity index (χ4n) is 3.99. The Balaban J connectivity index is 0.000000665. The number of halogens is 1. The van der Waals surface area contributed by atoms with Crippen LogP contribution in [0.4, 0.5) is 4.39 Å². The summed E-state index contributed by atoms with van der Waals surface area (Å²) in [6, 6.07) is 10.9. The second-order valence-electron chi connectivity index (χ2n) is 8.57. The average Bonchev–Trinajstić information content (AvgIpc) is 2.73. The van der Waals surface area contributed by atoms with E-state index in [1.807, 2.05) is 26.1 Å². The Labute approximate surface area is 166 Å². The lowest BCUT2D eigenvalue weighted by Gasteiger charge is -2.44. The molecule has 0 saturated carbocycles. The number of fused-ring (bicyclic) bond motifs is 1. The fourth-order valence-corrected chi connectivity index (χ4v) is 3.99. The van der Waals surface area contributed by atoms with Crippen LogP contribution in [0.3, 0.4) is 0 Å². The molecule has 0 aliphatic heterocycles. The number of benzene rings is 1. The number of aromatic nitrogens is 1. The quantitative estimate of drug-likeness (QED) is 0.501. The van der Waals surface area contributed by atoms with E-state index in [9.17, 15) is 4.39 Å². The van der Waals surface area contributed by atoms with Crippen molar-refractivity contribution in [1.82, 2.24) is 4.98 Å². The van der Waals surface area contributed by atoms with Crippen LogP contribution in [-0.4, -0.2) is 11.7 Å². The molecule has 3 rings (SSSR count). The Morgan fingerprint density at radius 2 is 1.37 bits per heavy atom. The maximum atomic E-state index is 10.3. The van der Waals surface area contributed by atoms with Crippen molar-refractivity contribution >= 4 is 0 Å². The molecule has 150 valence electrons. The van der Waals surface area contributed by atoms with Gasteiger partial charge in [0.25, 0.3) is 0 Å². The van der Waals surface area contributed by atoms with Crippen molar-refractivity contribution in [3.8, 4) is 11.3 Å². The van der Waals surface area contributed by atoms with Gasteiger partial charge >= 0.3 is 0 Å². The Morgan fingerprint density at radius 1 is 0.889 bits per heavy atom. The molecule has 0 radical (unpaired) electrons. The summed E-state index contributed by atoms with van der Waals surface area (Å²) in [4.78, 5) is 4.56. The van der Waals surface area contributed by atoms with E-state index in [4.69, 9.17) is 0 Å². The van der Waals surface area contributed by atoms with Gasteiger partial charge in [0.05, 0.1) is 12.4 Å². The van der Waals surface area contributed by atoms with Crippen LogP contribution in [-0.2, 0) is 10.8 Å². The molecule has 0 fully saturated rings. The number of pyridine rings is 1. The van der Waals surface area contributed by atoms with Gasteiger partial charge in [0.2, 0.25) is 0 Å². The summed E-state index contributed by atoms with van der Waals surface area (Å²) < 4.78 is 10.3. The molecule has 0 unspecified atom stereocenters. The molecule has 0 spiro atoms. The number of alkyl halides is 1. The molecule has 2 aromatic rings. The first kappa shape index (κ1) is 23.3. The van der Waals surface area contributed by atoms with Crippen LogP contribution in [0, 0.1) is 12.3 Å². The molecule has 1 aliphatic carbocycles. The Bertz CT molecular complexity index is 742. The molecule has 1 aromatic heterocycles. The van der Waals surface area contributed by atoms with Crippen LogP contribution >= 0.6 is 0 Å². The van der Waals surface area contributed by atoms with Gasteiger partial charge in [-0.3, -0.25) is 9.37 Å². The van der Waals surface area contributed by atoms with Gasteiger partial charge in [0.1, 0.15) is 0 Å². The first-order valence-corrected chi connectivity index (χ1v) is 10.1. The topological polar surface area (TPSA) is 12.9 Å². The highest BCUT2D eigenvalue weighted by Gasteiger charge is 2.56. The first-order valence-electron chi connectivity index (χ1n) is 10.1. The lowest BCUT2D eigenvalue weighted by atomic mass is 9.59. The minimum Gasteiger partial charge on any atom is -0.256 e. The van der Waals surface area contributed by atoms with E-state index in [2.05, 4.69) is 77.7 Å². The van der Waals surface area contributed by atoms with Crippen molar-refractivity contribution in [2.75, 3.05) is 6.67 Å². The number of rotatable bonds is 1. The van der Waals surface area contributed by atoms with Gasteiger partial charge in [-0.1, -0.05) is 67.5 Å². The maximum absolute atomic E-state index is 10.3. The monoisotopic (exact) mass is 371 g/mol. The Kier molecular flexibility index (Phi) is 7.38. The number of nitrogens with zero attached hydrogens (tertiary/aromatic N) is 1. The van der Waals surface area contributed by atoms with E-state index in [1.54, 1.807) is 0 Å². The summed E-state index contributed by atoms with van der Waals surface area (Å²) in [5.74, 6) is 0. The van der Waals surface area contributed by atoms with E-state index in [0.29, 0.717) is 0 Å². The summed E-state index contributed by atoms with van der Waals surface area (Å²) in [6.07, 6.45) is 1.88. The van der Waals surface area contributed by atoms with Crippen LogP contribution in [0.2, 0.25) is 0 Å². The molecule has 0 atom stereocenters. The Morgan fingerprint density at radius 3 is 1.81 bits per heavy atom. The van der Waals surface area contributed by atoms with Gasteiger partial charge in [-0.25, -0.2) is 0 Å². The smallest absolute Gasteiger partial charge is 0.0866 e. The number of aryl methyl sites for hydroxylation is 1. The molecule has 27 heavy (non-hydrogen) atoms. The van der Waals surface area contributed by atoms with Crippen molar-refractivity contribution in [3.05, 3.63) is 53.2 Å². The van der Waals surface area contributed by atoms with Gasteiger partial charge < -0.3 is 0 Å². The van der Waals surface area contributed by atoms with E-state index in [1.165, 1.54) is 29.2 Å². The molecular weight excluding hydrogens is 333 g/mol. The van der Waals surface area contributed by atoms with E-state index in [0.717, 1.165) is 5.69 Å². The first-order chi connectivity index (χ1) is 12.5. The van der Waals surface area contributed by atoms with Crippen molar-refractivity contribution in [2.45, 2.75) is 80.1 Å². The molecule has 0 saturated heterocycles. The van der Waals surface area contributed by atoms with Gasteiger partial charge in [0.15, 0.2) is 0 Å². The number of hydrogen-bond donors (Lipinski definition) is 0. The average molecular weight is 372 g/mol.